The van der Waals surface area contributed by atoms with Crippen molar-refractivity contribution in [2.24, 2.45) is 0 Å². The van der Waals surface area contributed by atoms with Crippen molar-refractivity contribution in [1.82, 2.24) is 15.2 Å². The van der Waals surface area contributed by atoms with Gasteiger partial charge in [0.1, 0.15) is 0 Å². The molecule has 98 valence electrons. The molecule has 0 saturated heterocycles. The van der Waals surface area contributed by atoms with Gasteiger partial charge in [-0.25, -0.2) is 0 Å². The summed E-state index contributed by atoms with van der Waals surface area (Å²) in [4.78, 5) is 15.3. The second-order valence-electron chi connectivity index (χ2n) is 4.25. The zero-order chi connectivity index (χ0) is 13.9. The van der Waals surface area contributed by atoms with Gasteiger partial charge in [-0.05, 0) is 35.4 Å². The standard InChI is InChI=1S/C15H10ClN3O/c16-15(20)12-3-1-2-11(8-12)14-13(9-18-19-14)10-4-6-17-7-5-10/h1-9H,(H,18,19). The number of benzene rings is 1. The maximum Gasteiger partial charge on any atom is 0.252 e. The molecule has 0 aliphatic heterocycles. The first-order valence-electron chi connectivity index (χ1n) is 6.00. The minimum absolute atomic E-state index is 0.458. The van der Waals surface area contributed by atoms with Crippen LogP contribution in [0.4, 0.5) is 0 Å². The number of hydrogen-bond donors (Lipinski definition) is 1. The molecule has 5 heteroatoms. The quantitative estimate of drug-likeness (QED) is 0.748. The fourth-order valence-corrected chi connectivity index (χ4v) is 2.17. The minimum atomic E-state index is -0.475. The number of nitrogens with one attached hydrogen (secondary N) is 1. The van der Waals surface area contributed by atoms with Gasteiger partial charge in [0, 0.05) is 29.1 Å². The smallest absolute Gasteiger partial charge is 0.252 e. The van der Waals surface area contributed by atoms with E-state index >= 15 is 0 Å². The van der Waals surface area contributed by atoms with E-state index in [1.54, 1.807) is 36.8 Å². The molecule has 0 unspecified atom stereocenters. The molecule has 2 aromatic heterocycles. The van der Waals surface area contributed by atoms with Gasteiger partial charge in [-0.2, -0.15) is 5.10 Å². The highest BCUT2D eigenvalue weighted by atomic mass is 35.5. The Bertz CT molecular complexity index is 753. The van der Waals surface area contributed by atoms with Crippen molar-refractivity contribution in [3.05, 3.63) is 60.6 Å². The van der Waals surface area contributed by atoms with Crippen LogP contribution in [0.25, 0.3) is 22.4 Å². The Morgan fingerprint density at radius 1 is 1.10 bits per heavy atom. The molecule has 3 rings (SSSR count). The molecule has 20 heavy (non-hydrogen) atoms. The van der Waals surface area contributed by atoms with E-state index < -0.39 is 5.24 Å². The maximum atomic E-state index is 11.3. The molecule has 4 nitrogen and oxygen atoms in total. The first-order chi connectivity index (χ1) is 9.75. The zero-order valence-corrected chi connectivity index (χ0v) is 11.1. The lowest BCUT2D eigenvalue weighted by Gasteiger charge is -2.04. The molecule has 0 spiro atoms. The summed E-state index contributed by atoms with van der Waals surface area (Å²) in [7, 11) is 0. The molecule has 0 fully saturated rings. The fraction of sp³-hybridized carbons (Fsp3) is 0. The second-order valence-corrected chi connectivity index (χ2v) is 4.59. The third-order valence-electron chi connectivity index (χ3n) is 3.01. The van der Waals surface area contributed by atoms with E-state index in [9.17, 15) is 4.79 Å². The van der Waals surface area contributed by atoms with Gasteiger partial charge in [0.05, 0.1) is 11.9 Å². The molecule has 0 aliphatic carbocycles. The lowest BCUT2D eigenvalue weighted by atomic mass is 10.0. The van der Waals surface area contributed by atoms with Crippen LogP contribution in [0.1, 0.15) is 10.4 Å². The number of nitrogens with zero attached hydrogens (tertiary/aromatic N) is 2. The van der Waals surface area contributed by atoms with Crippen LogP contribution in [-0.4, -0.2) is 20.4 Å². The monoisotopic (exact) mass is 283 g/mol. The summed E-state index contributed by atoms with van der Waals surface area (Å²) < 4.78 is 0. The van der Waals surface area contributed by atoms with Gasteiger partial charge in [0.2, 0.25) is 0 Å². The first kappa shape index (κ1) is 12.6. The van der Waals surface area contributed by atoms with Crippen LogP contribution in [0.15, 0.2) is 55.0 Å². The molecule has 1 N–H and O–H groups in total. The Balaban J connectivity index is 2.10. The number of aromatic amines is 1. The van der Waals surface area contributed by atoms with Crippen molar-refractivity contribution in [3.8, 4) is 22.4 Å². The van der Waals surface area contributed by atoms with Crippen LogP contribution in [-0.2, 0) is 0 Å². The van der Waals surface area contributed by atoms with Gasteiger partial charge < -0.3 is 0 Å². The van der Waals surface area contributed by atoms with Gasteiger partial charge in [0.15, 0.2) is 0 Å². The number of carbonyl (C=O) groups is 1. The molecule has 3 aromatic rings. The SMILES string of the molecule is O=C(Cl)c1cccc(-c2[nH]ncc2-c2ccncc2)c1. The Morgan fingerprint density at radius 2 is 1.90 bits per heavy atom. The van der Waals surface area contributed by atoms with Crippen molar-refractivity contribution in [1.29, 1.82) is 0 Å². The molecule has 0 atom stereocenters. The number of halogens is 1. The van der Waals surface area contributed by atoms with Crippen molar-refractivity contribution < 1.29 is 4.79 Å². The average molecular weight is 284 g/mol. The highest BCUT2D eigenvalue weighted by Crippen LogP contribution is 2.30. The average Bonchev–Trinajstić information content (AvgIpc) is 2.98. The summed E-state index contributed by atoms with van der Waals surface area (Å²) >= 11 is 5.52. The van der Waals surface area contributed by atoms with E-state index in [1.807, 2.05) is 18.2 Å². The molecule has 0 aliphatic rings. The number of carbonyl (C=O) groups excluding carboxylic acids is 1. The summed E-state index contributed by atoms with van der Waals surface area (Å²) in [5.41, 5.74) is 4.12. The van der Waals surface area contributed by atoms with Crippen LogP contribution >= 0.6 is 11.6 Å². The molecular weight excluding hydrogens is 274 g/mol. The minimum Gasteiger partial charge on any atom is -0.277 e. The highest BCUT2D eigenvalue weighted by Gasteiger charge is 2.11. The fourth-order valence-electron chi connectivity index (χ4n) is 2.05. The summed E-state index contributed by atoms with van der Waals surface area (Å²) in [5, 5.41) is 6.57. The van der Waals surface area contributed by atoms with Gasteiger partial charge in [-0.3, -0.25) is 14.9 Å². The zero-order valence-electron chi connectivity index (χ0n) is 10.4. The van der Waals surface area contributed by atoms with E-state index in [1.165, 1.54) is 0 Å². The van der Waals surface area contributed by atoms with Crippen LogP contribution < -0.4 is 0 Å². The van der Waals surface area contributed by atoms with E-state index in [0.29, 0.717) is 5.56 Å². The molecule has 1 aromatic carbocycles. The summed E-state index contributed by atoms with van der Waals surface area (Å²) in [6, 6.07) is 10.9. The van der Waals surface area contributed by atoms with Crippen molar-refractivity contribution in [2.75, 3.05) is 0 Å². The number of hydrogen-bond acceptors (Lipinski definition) is 3. The van der Waals surface area contributed by atoms with Crippen LogP contribution in [0.5, 0.6) is 0 Å². The summed E-state index contributed by atoms with van der Waals surface area (Å²) in [6.07, 6.45) is 5.20. The van der Waals surface area contributed by atoms with Gasteiger partial charge in [0.25, 0.3) is 5.24 Å². The van der Waals surface area contributed by atoms with E-state index in [4.69, 9.17) is 11.6 Å². The van der Waals surface area contributed by atoms with Gasteiger partial charge in [-0.15, -0.1) is 0 Å². The third-order valence-corrected chi connectivity index (χ3v) is 3.23. The van der Waals surface area contributed by atoms with Crippen molar-refractivity contribution in [3.63, 3.8) is 0 Å². The van der Waals surface area contributed by atoms with Crippen LogP contribution in [0, 0.1) is 0 Å². The Morgan fingerprint density at radius 3 is 2.65 bits per heavy atom. The largest absolute Gasteiger partial charge is 0.277 e. The van der Waals surface area contributed by atoms with E-state index in [2.05, 4.69) is 15.2 Å². The van der Waals surface area contributed by atoms with Gasteiger partial charge in [-0.1, -0.05) is 18.2 Å². The Kier molecular flexibility index (Phi) is 3.31. The topological polar surface area (TPSA) is 58.6 Å². The molecule has 2 heterocycles. The van der Waals surface area contributed by atoms with Crippen LogP contribution in [0.3, 0.4) is 0 Å². The molecule has 0 radical (unpaired) electrons. The second kappa shape index (κ2) is 5.27. The summed E-state index contributed by atoms with van der Waals surface area (Å²) in [5.74, 6) is 0. The predicted molar refractivity (Wildman–Crippen MR) is 77.4 cm³/mol. The number of rotatable bonds is 3. The lowest BCUT2D eigenvalue weighted by molar-refractivity contribution is 0.108. The van der Waals surface area contributed by atoms with Crippen molar-refractivity contribution in [2.45, 2.75) is 0 Å². The van der Waals surface area contributed by atoms with E-state index in [-0.39, 0.29) is 0 Å². The molecular formula is C15H10ClN3O. The normalized spacial score (nSPS) is 10.4. The van der Waals surface area contributed by atoms with Crippen LogP contribution in [0.2, 0.25) is 0 Å². The Labute approximate surface area is 120 Å². The maximum absolute atomic E-state index is 11.3. The molecule has 0 saturated carbocycles. The van der Waals surface area contributed by atoms with E-state index in [0.717, 1.165) is 22.4 Å². The third kappa shape index (κ3) is 2.33. The Hall–Kier alpha value is -2.46. The lowest BCUT2D eigenvalue weighted by Crippen LogP contribution is -1.90. The molecule has 0 amide bonds. The number of H-pyrrole nitrogens is 1. The predicted octanol–water partition coefficient (Wildman–Crippen LogP) is 3.52. The highest BCUT2D eigenvalue weighted by molar-refractivity contribution is 6.67. The number of aromatic nitrogens is 3. The first-order valence-corrected chi connectivity index (χ1v) is 6.37. The summed E-state index contributed by atoms with van der Waals surface area (Å²) in [6.45, 7) is 0. The molecule has 0 bridgehead atoms. The number of pyridine rings is 1. The van der Waals surface area contributed by atoms with Gasteiger partial charge >= 0.3 is 0 Å². The van der Waals surface area contributed by atoms with Crippen molar-refractivity contribution >= 4 is 16.8 Å².